The summed E-state index contributed by atoms with van der Waals surface area (Å²) < 4.78 is 5.64. The van der Waals surface area contributed by atoms with E-state index in [9.17, 15) is 19.5 Å². The van der Waals surface area contributed by atoms with Crippen LogP contribution in [-0.4, -0.2) is 53.5 Å². The molecule has 2 aromatic carbocycles. The van der Waals surface area contributed by atoms with Crippen LogP contribution >= 0.6 is 0 Å². The molecule has 1 fully saturated rings. The standard InChI is InChI=1S/C26H30N2O6/c29-14-23(25(31)32)27-24(30)20-12-2-1-3-13-22(20)28-26(33)34-15-21-18-10-6-4-8-16(18)17-9-5-7-11-19(17)21/h4-11,20-23,29H,1-3,12-15H2,(H,27,30)(H,28,33)(H,31,32)/t20-,22+,23-/m0/s1. The first kappa shape index (κ1) is 23.8. The van der Waals surface area contributed by atoms with Gasteiger partial charge in [-0.1, -0.05) is 67.8 Å². The van der Waals surface area contributed by atoms with Crippen LogP contribution in [0.25, 0.3) is 11.1 Å². The molecular formula is C26H30N2O6. The fraction of sp³-hybridized carbons (Fsp3) is 0.423. The van der Waals surface area contributed by atoms with Crippen molar-refractivity contribution in [2.45, 2.75) is 50.1 Å². The number of carbonyl (C=O) groups excluding carboxylic acids is 2. The smallest absolute Gasteiger partial charge is 0.407 e. The van der Waals surface area contributed by atoms with E-state index in [1.54, 1.807) is 0 Å². The zero-order valence-corrected chi connectivity index (χ0v) is 18.9. The molecule has 0 bridgehead atoms. The molecule has 3 atom stereocenters. The second-order valence-corrected chi connectivity index (χ2v) is 8.90. The van der Waals surface area contributed by atoms with E-state index in [0.717, 1.165) is 41.5 Å². The summed E-state index contributed by atoms with van der Waals surface area (Å²) in [5, 5.41) is 23.6. The molecule has 8 nitrogen and oxygen atoms in total. The number of aliphatic carboxylic acids is 1. The van der Waals surface area contributed by atoms with Gasteiger partial charge < -0.3 is 25.6 Å². The molecule has 2 amide bonds. The maximum absolute atomic E-state index is 12.8. The third-order valence-corrected chi connectivity index (χ3v) is 6.80. The molecule has 8 heteroatoms. The predicted molar refractivity (Wildman–Crippen MR) is 125 cm³/mol. The van der Waals surface area contributed by atoms with Crippen molar-refractivity contribution in [3.05, 3.63) is 59.7 Å². The molecule has 0 aromatic heterocycles. The minimum Gasteiger partial charge on any atom is -0.480 e. The second-order valence-electron chi connectivity index (χ2n) is 8.90. The Labute approximate surface area is 198 Å². The van der Waals surface area contributed by atoms with Crippen molar-refractivity contribution in [3.8, 4) is 11.1 Å². The summed E-state index contributed by atoms with van der Waals surface area (Å²) in [5.74, 6) is -2.43. The number of nitrogens with one attached hydrogen (secondary N) is 2. The summed E-state index contributed by atoms with van der Waals surface area (Å²) in [6.45, 7) is -0.521. The monoisotopic (exact) mass is 466 g/mol. The molecule has 4 N–H and O–H groups in total. The molecule has 0 spiro atoms. The maximum atomic E-state index is 12.8. The molecule has 0 unspecified atom stereocenters. The van der Waals surface area contributed by atoms with E-state index in [1.165, 1.54) is 0 Å². The predicted octanol–water partition coefficient (Wildman–Crippen LogP) is 3.04. The zero-order valence-electron chi connectivity index (χ0n) is 18.9. The highest BCUT2D eigenvalue weighted by Crippen LogP contribution is 2.44. The number of aliphatic hydroxyl groups excluding tert-OH is 1. The molecule has 0 aliphatic heterocycles. The minimum atomic E-state index is -1.37. The Morgan fingerprint density at radius 2 is 1.56 bits per heavy atom. The molecule has 180 valence electrons. The topological polar surface area (TPSA) is 125 Å². The highest BCUT2D eigenvalue weighted by molar-refractivity contribution is 5.86. The first-order valence-electron chi connectivity index (χ1n) is 11.7. The molecular weight excluding hydrogens is 436 g/mol. The van der Waals surface area contributed by atoms with E-state index in [2.05, 4.69) is 22.8 Å². The van der Waals surface area contributed by atoms with E-state index in [-0.39, 0.29) is 12.5 Å². The zero-order chi connectivity index (χ0) is 24.1. The van der Waals surface area contributed by atoms with Crippen molar-refractivity contribution in [1.82, 2.24) is 10.6 Å². The number of rotatable bonds is 7. The third-order valence-electron chi connectivity index (χ3n) is 6.80. The van der Waals surface area contributed by atoms with E-state index in [1.807, 2.05) is 36.4 Å². The highest BCUT2D eigenvalue weighted by Gasteiger charge is 2.34. The highest BCUT2D eigenvalue weighted by atomic mass is 16.5. The molecule has 2 aliphatic carbocycles. The van der Waals surface area contributed by atoms with E-state index < -0.39 is 42.6 Å². The number of carboxylic acid groups (broad SMARTS) is 1. The lowest BCUT2D eigenvalue weighted by Crippen LogP contribution is -2.51. The van der Waals surface area contributed by atoms with Gasteiger partial charge in [0.2, 0.25) is 5.91 Å². The van der Waals surface area contributed by atoms with Crippen molar-refractivity contribution in [3.63, 3.8) is 0 Å². The van der Waals surface area contributed by atoms with Crippen LogP contribution in [0.4, 0.5) is 4.79 Å². The van der Waals surface area contributed by atoms with Gasteiger partial charge in [-0.05, 0) is 35.1 Å². The summed E-state index contributed by atoms with van der Waals surface area (Å²) in [6.07, 6.45) is 3.10. The van der Waals surface area contributed by atoms with Gasteiger partial charge in [0, 0.05) is 12.0 Å². The molecule has 4 rings (SSSR count). The van der Waals surface area contributed by atoms with E-state index in [0.29, 0.717) is 12.8 Å². The first-order chi connectivity index (χ1) is 16.5. The van der Waals surface area contributed by atoms with Crippen LogP contribution in [0, 0.1) is 5.92 Å². The van der Waals surface area contributed by atoms with Gasteiger partial charge in [-0.3, -0.25) is 4.79 Å². The van der Waals surface area contributed by atoms with Gasteiger partial charge in [0.25, 0.3) is 0 Å². The Kier molecular flexibility index (Phi) is 7.47. The van der Waals surface area contributed by atoms with Crippen LogP contribution in [0.2, 0.25) is 0 Å². The second kappa shape index (κ2) is 10.7. The summed E-state index contributed by atoms with van der Waals surface area (Å²) in [4.78, 5) is 36.7. The Balaban J connectivity index is 1.41. The van der Waals surface area contributed by atoms with Crippen LogP contribution in [0.1, 0.15) is 49.1 Å². The third kappa shape index (κ3) is 5.07. The van der Waals surface area contributed by atoms with Gasteiger partial charge in [0.1, 0.15) is 12.6 Å². The largest absolute Gasteiger partial charge is 0.480 e. The van der Waals surface area contributed by atoms with Crippen molar-refractivity contribution >= 4 is 18.0 Å². The first-order valence-corrected chi connectivity index (χ1v) is 11.7. The Morgan fingerprint density at radius 1 is 0.941 bits per heavy atom. The molecule has 2 aromatic rings. The Morgan fingerprint density at radius 3 is 2.18 bits per heavy atom. The summed E-state index contributed by atoms with van der Waals surface area (Å²) in [6, 6.07) is 14.3. The van der Waals surface area contributed by atoms with Crippen LogP contribution in [0.15, 0.2) is 48.5 Å². The minimum absolute atomic E-state index is 0.0627. The van der Waals surface area contributed by atoms with Gasteiger partial charge >= 0.3 is 12.1 Å². The number of amides is 2. The number of carboxylic acids is 1. The average Bonchev–Trinajstić information content (AvgIpc) is 2.97. The number of benzene rings is 2. The SMILES string of the molecule is O=C(N[C@@H]1CCCCC[C@@H]1C(=O)N[C@@H](CO)C(=O)O)OCC1c2ccccc2-c2ccccc21. The number of ether oxygens (including phenoxy) is 1. The molecule has 0 heterocycles. The summed E-state index contributed by atoms with van der Waals surface area (Å²) in [5.41, 5.74) is 4.52. The average molecular weight is 467 g/mol. The number of fused-ring (bicyclic) bond motifs is 3. The molecule has 34 heavy (non-hydrogen) atoms. The van der Waals surface area contributed by atoms with Crippen LogP contribution < -0.4 is 10.6 Å². The normalized spacial score (nSPS) is 20.4. The van der Waals surface area contributed by atoms with Crippen molar-refractivity contribution in [2.75, 3.05) is 13.2 Å². The quantitative estimate of drug-likeness (QED) is 0.465. The van der Waals surface area contributed by atoms with Crippen LogP contribution in [-0.2, 0) is 14.3 Å². The van der Waals surface area contributed by atoms with Gasteiger partial charge in [-0.25, -0.2) is 9.59 Å². The maximum Gasteiger partial charge on any atom is 0.407 e. The summed E-state index contributed by atoms with van der Waals surface area (Å²) >= 11 is 0. The van der Waals surface area contributed by atoms with Crippen LogP contribution in [0.5, 0.6) is 0 Å². The van der Waals surface area contributed by atoms with Crippen molar-refractivity contribution < 1.29 is 29.3 Å². The summed E-state index contributed by atoms with van der Waals surface area (Å²) in [7, 11) is 0. The van der Waals surface area contributed by atoms with Gasteiger partial charge in [0.15, 0.2) is 0 Å². The fourth-order valence-corrected chi connectivity index (χ4v) is 5.05. The number of aliphatic hydroxyl groups is 1. The Hall–Kier alpha value is -3.39. The van der Waals surface area contributed by atoms with Crippen molar-refractivity contribution in [1.29, 1.82) is 0 Å². The molecule has 2 aliphatic rings. The fourth-order valence-electron chi connectivity index (χ4n) is 5.05. The lowest BCUT2D eigenvalue weighted by atomic mass is 9.93. The number of alkyl carbamates (subject to hydrolysis) is 1. The number of hydrogen-bond donors (Lipinski definition) is 4. The van der Waals surface area contributed by atoms with Gasteiger partial charge in [0.05, 0.1) is 12.5 Å². The lowest BCUT2D eigenvalue weighted by molar-refractivity contribution is -0.143. The van der Waals surface area contributed by atoms with E-state index >= 15 is 0 Å². The molecule has 0 radical (unpaired) electrons. The molecule has 0 saturated heterocycles. The van der Waals surface area contributed by atoms with E-state index in [4.69, 9.17) is 9.84 Å². The van der Waals surface area contributed by atoms with Gasteiger partial charge in [-0.15, -0.1) is 0 Å². The van der Waals surface area contributed by atoms with Crippen molar-refractivity contribution in [2.24, 2.45) is 5.92 Å². The molecule has 1 saturated carbocycles. The Bertz CT molecular complexity index is 1010. The van der Waals surface area contributed by atoms with Gasteiger partial charge in [-0.2, -0.15) is 0 Å². The number of carbonyl (C=O) groups is 3. The van der Waals surface area contributed by atoms with Crippen LogP contribution in [0.3, 0.4) is 0 Å². The lowest BCUT2D eigenvalue weighted by Gasteiger charge is -2.26. The number of hydrogen-bond acceptors (Lipinski definition) is 5.